The molecule has 0 fully saturated rings. The number of carbonyl (C=O) groups is 1. The molecule has 2 heterocycles. The molecule has 0 aliphatic carbocycles. The summed E-state index contributed by atoms with van der Waals surface area (Å²) in [6, 6.07) is 15.8. The van der Waals surface area contributed by atoms with Crippen molar-refractivity contribution < 1.29 is 27.8 Å². The minimum atomic E-state index is -4.11. The monoisotopic (exact) mass is 590 g/mol. The SMILES string of the molecule is Cc1ccc(S(=O)(=O)c2c(N)n(CCCOC(=O)c3cc([N+](=O)[O-])cc([N+](=O)[O-])c3)c3nc4ccccc4nc23)cc1. The molecule has 0 saturated carbocycles. The van der Waals surface area contributed by atoms with Crippen LogP contribution in [0, 0.1) is 27.2 Å². The number of ether oxygens (including phenoxy) is 1. The van der Waals surface area contributed by atoms with Crippen molar-refractivity contribution in [3.63, 3.8) is 0 Å². The number of nitrogens with two attached hydrogens (primary N) is 1. The number of non-ortho nitro benzene ring substituents is 2. The molecule has 2 N–H and O–H groups in total. The van der Waals surface area contributed by atoms with E-state index in [1.165, 1.54) is 16.7 Å². The third kappa shape index (κ3) is 5.19. The molecule has 3 aromatic carbocycles. The molecule has 5 aromatic rings. The molecule has 15 heteroatoms. The Morgan fingerprint density at radius 3 is 2.14 bits per heavy atom. The maximum atomic E-state index is 13.7. The van der Waals surface area contributed by atoms with E-state index in [9.17, 15) is 33.4 Å². The molecule has 0 radical (unpaired) electrons. The van der Waals surface area contributed by atoms with E-state index >= 15 is 0 Å². The molecule has 0 unspecified atom stereocenters. The lowest BCUT2D eigenvalue weighted by atomic mass is 10.2. The fourth-order valence-corrected chi connectivity index (χ4v) is 5.92. The first-order valence-electron chi connectivity index (χ1n) is 12.4. The molecule has 0 aliphatic rings. The van der Waals surface area contributed by atoms with Gasteiger partial charge in [0, 0.05) is 18.7 Å². The number of hydrogen-bond donors (Lipinski definition) is 1. The number of anilines is 1. The van der Waals surface area contributed by atoms with Gasteiger partial charge in [-0.1, -0.05) is 29.8 Å². The number of aromatic nitrogens is 3. The number of rotatable bonds is 9. The number of fused-ring (bicyclic) bond motifs is 2. The zero-order chi connectivity index (χ0) is 30.2. The van der Waals surface area contributed by atoms with Gasteiger partial charge in [-0.05, 0) is 37.6 Å². The molecule has 0 aliphatic heterocycles. The summed E-state index contributed by atoms with van der Waals surface area (Å²) in [6.45, 7) is 1.69. The fourth-order valence-electron chi connectivity index (χ4n) is 4.41. The summed E-state index contributed by atoms with van der Waals surface area (Å²) in [7, 11) is -4.11. The van der Waals surface area contributed by atoms with Crippen molar-refractivity contribution in [2.45, 2.75) is 29.7 Å². The van der Waals surface area contributed by atoms with E-state index in [2.05, 4.69) is 9.97 Å². The zero-order valence-corrected chi connectivity index (χ0v) is 22.8. The topological polar surface area (TPSA) is 203 Å². The van der Waals surface area contributed by atoms with Gasteiger partial charge in [-0.25, -0.2) is 23.2 Å². The minimum absolute atomic E-state index is 0.0359. The van der Waals surface area contributed by atoms with Gasteiger partial charge in [-0.2, -0.15) is 0 Å². The van der Waals surface area contributed by atoms with Crippen molar-refractivity contribution in [3.05, 3.63) is 98.1 Å². The first-order valence-corrected chi connectivity index (χ1v) is 13.9. The van der Waals surface area contributed by atoms with Crippen LogP contribution in [-0.2, 0) is 21.1 Å². The molecule has 2 aromatic heterocycles. The average molecular weight is 591 g/mol. The zero-order valence-electron chi connectivity index (χ0n) is 22.0. The van der Waals surface area contributed by atoms with E-state index < -0.39 is 37.0 Å². The van der Waals surface area contributed by atoms with E-state index in [-0.39, 0.29) is 51.9 Å². The molecule has 0 atom stereocenters. The fraction of sp³-hybridized carbons (Fsp3) is 0.148. The van der Waals surface area contributed by atoms with Crippen LogP contribution in [0.1, 0.15) is 22.3 Å². The molecule has 0 amide bonds. The molecular weight excluding hydrogens is 568 g/mol. The minimum Gasteiger partial charge on any atom is -0.462 e. The van der Waals surface area contributed by atoms with Crippen molar-refractivity contribution >= 4 is 55.2 Å². The molecule has 0 bridgehead atoms. The van der Waals surface area contributed by atoms with Crippen LogP contribution in [-0.4, -0.2) is 45.4 Å². The number of aryl methyl sites for hydroxylation is 2. The van der Waals surface area contributed by atoms with Crippen molar-refractivity contribution in [2.24, 2.45) is 0 Å². The van der Waals surface area contributed by atoms with Crippen molar-refractivity contribution in [2.75, 3.05) is 12.3 Å². The van der Waals surface area contributed by atoms with Crippen LogP contribution in [0.2, 0.25) is 0 Å². The Bertz CT molecular complexity index is 1970. The molecule has 0 saturated heterocycles. The Kier molecular flexibility index (Phi) is 7.26. The molecule has 214 valence electrons. The number of nitro benzene ring substituents is 2. The second-order valence-electron chi connectivity index (χ2n) is 9.31. The van der Waals surface area contributed by atoms with Gasteiger partial charge in [0.15, 0.2) is 5.65 Å². The summed E-state index contributed by atoms with van der Waals surface area (Å²) in [5, 5.41) is 22.3. The predicted molar refractivity (Wildman–Crippen MR) is 151 cm³/mol. The normalized spacial score (nSPS) is 11.5. The van der Waals surface area contributed by atoms with Crippen LogP contribution in [0.25, 0.3) is 22.2 Å². The second kappa shape index (κ2) is 10.9. The van der Waals surface area contributed by atoms with Gasteiger partial charge in [-0.15, -0.1) is 0 Å². The number of nitrogens with zero attached hydrogens (tertiary/aromatic N) is 5. The van der Waals surface area contributed by atoms with Crippen molar-refractivity contribution in [3.8, 4) is 0 Å². The van der Waals surface area contributed by atoms with Crippen LogP contribution in [0.5, 0.6) is 0 Å². The van der Waals surface area contributed by atoms with E-state index in [1.807, 2.05) is 6.92 Å². The van der Waals surface area contributed by atoms with Gasteiger partial charge in [0.05, 0.1) is 44.0 Å². The molecular formula is C27H22N6O8S. The van der Waals surface area contributed by atoms with Crippen LogP contribution in [0.4, 0.5) is 17.2 Å². The molecule has 0 spiro atoms. The Hall–Kier alpha value is -5.44. The summed E-state index contributed by atoms with van der Waals surface area (Å²) in [5.41, 5.74) is 6.99. The van der Waals surface area contributed by atoms with Crippen molar-refractivity contribution in [1.29, 1.82) is 0 Å². The molecule has 14 nitrogen and oxygen atoms in total. The first kappa shape index (κ1) is 28.1. The number of sulfone groups is 1. The smallest absolute Gasteiger partial charge is 0.338 e. The van der Waals surface area contributed by atoms with Gasteiger partial charge in [0.2, 0.25) is 9.84 Å². The number of benzene rings is 3. The van der Waals surface area contributed by atoms with E-state index in [0.29, 0.717) is 11.0 Å². The average Bonchev–Trinajstić information content (AvgIpc) is 3.24. The Morgan fingerprint density at radius 2 is 1.55 bits per heavy atom. The predicted octanol–water partition coefficient (Wildman–Crippen LogP) is 4.37. The van der Waals surface area contributed by atoms with Gasteiger partial charge >= 0.3 is 5.97 Å². The third-order valence-corrected chi connectivity index (χ3v) is 8.30. The van der Waals surface area contributed by atoms with E-state index in [1.54, 1.807) is 36.4 Å². The number of carbonyl (C=O) groups excluding carboxylic acids is 1. The Balaban J connectivity index is 1.45. The highest BCUT2D eigenvalue weighted by Crippen LogP contribution is 2.35. The van der Waals surface area contributed by atoms with Gasteiger partial charge in [0.1, 0.15) is 16.2 Å². The van der Waals surface area contributed by atoms with E-state index in [4.69, 9.17) is 10.5 Å². The summed E-state index contributed by atoms with van der Waals surface area (Å²) in [5.74, 6) is -1.10. The highest BCUT2D eigenvalue weighted by atomic mass is 32.2. The quantitative estimate of drug-likeness (QED) is 0.110. The van der Waals surface area contributed by atoms with Gasteiger partial charge < -0.3 is 15.0 Å². The van der Waals surface area contributed by atoms with Gasteiger partial charge in [-0.3, -0.25) is 20.2 Å². The van der Waals surface area contributed by atoms with Crippen LogP contribution in [0.15, 0.2) is 76.5 Å². The molecule has 42 heavy (non-hydrogen) atoms. The lowest BCUT2D eigenvalue weighted by molar-refractivity contribution is -0.394. The number of nitro groups is 2. The van der Waals surface area contributed by atoms with Gasteiger partial charge in [0.25, 0.3) is 11.4 Å². The lowest BCUT2D eigenvalue weighted by Gasteiger charge is -2.09. The third-order valence-electron chi connectivity index (χ3n) is 6.47. The number of para-hydroxylation sites is 2. The maximum Gasteiger partial charge on any atom is 0.338 e. The maximum absolute atomic E-state index is 13.7. The van der Waals surface area contributed by atoms with Crippen LogP contribution >= 0.6 is 0 Å². The summed E-state index contributed by atoms with van der Waals surface area (Å²) in [4.78, 5) is 42.1. The summed E-state index contributed by atoms with van der Waals surface area (Å²) in [6.07, 6.45) is 0.134. The van der Waals surface area contributed by atoms with Crippen LogP contribution < -0.4 is 5.73 Å². The largest absolute Gasteiger partial charge is 0.462 e. The second-order valence-corrected chi connectivity index (χ2v) is 11.2. The number of nitrogen functional groups attached to an aromatic ring is 1. The van der Waals surface area contributed by atoms with Crippen LogP contribution in [0.3, 0.4) is 0 Å². The number of hydrogen-bond acceptors (Lipinski definition) is 11. The Morgan fingerprint density at radius 1 is 0.952 bits per heavy atom. The van der Waals surface area contributed by atoms with E-state index in [0.717, 1.165) is 23.8 Å². The summed E-state index contributed by atoms with van der Waals surface area (Å²) < 4.78 is 34.1. The lowest BCUT2D eigenvalue weighted by Crippen LogP contribution is -2.12. The van der Waals surface area contributed by atoms with Crippen molar-refractivity contribution in [1.82, 2.24) is 14.5 Å². The first-order chi connectivity index (χ1) is 20.0. The highest BCUT2D eigenvalue weighted by Gasteiger charge is 2.30. The number of esters is 1. The Labute approximate surface area is 237 Å². The standard InChI is InChI=1S/C27H22N6O8S/c1-16-7-9-20(10-8-16)42(39,40)24-23-26(30-22-6-3-2-5-21(22)29-23)31(25(24)28)11-4-12-41-27(34)17-13-18(32(35)36)15-19(14-17)33(37)38/h2-3,5-10,13-15H,4,11-12,28H2,1H3. The highest BCUT2D eigenvalue weighted by molar-refractivity contribution is 7.92. The summed E-state index contributed by atoms with van der Waals surface area (Å²) >= 11 is 0. The molecule has 5 rings (SSSR count).